The molecular weight excluding hydrogens is 442 g/mol. The van der Waals surface area contributed by atoms with Gasteiger partial charge in [-0.05, 0) is 56.5 Å². The Morgan fingerprint density at radius 2 is 1.60 bits per heavy atom. The van der Waals surface area contributed by atoms with Crippen molar-refractivity contribution in [2.24, 2.45) is 5.92 Å². The largest absolute Gasteiger partial charge is 0.368 e. The Morgan fingerprint density at radius 3 is 2.20 bits per heavy atom. The molecule has 35 heavy (non-hydrogen) atoms. The number of carbonyl (C=O) groups excluding carboxylic acids is 3. The highest BCUT2D eigenvalue weighted by Gasteiger charge is 2.34. The van der Waals surface area contributed by atoms with Crippen molar-refractivity contribution >= 4 is 29.2 Å². The molecular formula is C27H35N5O3. The zero-order valence-corrected chi connectivity index (χ0v) is 20.6. The Labute approximate surface area is 207 Å². The van der Waals surface area contributed by atoms with Gasteiger partial charge in [-0.25, -0.2) is 4.79 Å². The molecule has 8 nitrogen and oxygen atoms in total. The molecule has 1 heterocycles. The number of hydrogen-bond donors (Lipinski definition) is 2. The van der Waals surface area contributed by atoms with Crippen LogP contribution in [-0.4, -0.2) is 66.4 Å². The van der Waals surface area contributed by atoms with E-state index in [1.165, 1.54) is 0 Å². The van der Waals surface area contributed by atoms with Crippen LogP contribution in [-0.2, 0) is 16.1 Å². The Bertz CT molecular complexity index is 1010. The summed E-state index contributed by atoms with van der Waals surface area (Å²) in [5.74, 6) is -0.0873. The third kappa shape index (κ3) is 6.97. The number of anilines is 2. The molecule has 186 valence electrons. The maximum Gasteiger partial charge on any atom is 0.317 e. The maximum absolute atomic E-state index is 12.8. The number of nitrogens with zero attached hydrogens (tertiary/aromatic N) is 3. The smallest absolute Gasteiger partial charge is 0.317 e. The minimum Gasteiger partial charge on any atom is -0.368 e. The molecule has 1 aliphatic heterocycles. The van der Waals surface area contributed by atoms with E-state index in [2.05, 4.69) is 15.5 Å². The molecule has 4 rings (SSSR count). The van der Waals surface area contributed by atoms with E-state index in [0.29, 0.717) is 25.3 Å². The molecule has 2 fully saturated rings. The van der Waals surface area contributed by atoms with Gasteiger partial charge in [-0.1, -0.05) is 30.3 Å². The van der Waals surface area contributed by atoms with Crippen molar-refractivity contribution in [2.75, 3.05) is 42.9 Å². The van der Waals surface area contributed by atoms with Gasteiger partial charge in [0.2, 0.25) is 11.8 Å². The number of amides is 4. The van der Waals surface area contributed by atoms with Crippen LogP contribution in [0.3, 0.4) is 0 Å². The van der Waals surface area contributed by atoms with Gasteiger partial charge in [-0.2, -0.15) is 0 Å². The predicted molar refractivity (Wildman–Crippen MR) is 137 cm³/mol. The Kier molecular flexibility index (Phi) is 7.90. The fraction of sp³-hybridized carbons (Fsp3) is 0.444. The molecule has 2 aromatic rings. The van der Waals surface area contributed by atoms with Crippen LogP contribution >= 0.6 is 0 Å². The molecule has 4 amide bonds. The van der Waals surface area contributed by atoms with Crippen molar-refractivity contribution in [1.29, 1.82) is 0 Å². The van der Waals surface area contributed by atoms with Crippen molar-refractivity contribution in [1.82, 2.24) is 15.1 Å². The van der Waals surface area contributed by atoms with Crippen molar-refractivity contribution in [3.63, 3.8) is 0 Å². The van der Waals surface area contributed by atoms with Crippen molar-refractivity contribution in [2.45, 2.75) is 39.3 Å². The Hall–Kier alpha value is -3.55. The molecule has 1 saturated carbocycles. The van der Waals surface area contributed by atoms with Gasteiger partial charge < -0.3 is 25.3 Å². The number of urea groups is 1. The van der Waals surface area contributed by atoms with Crippen LogP contribution in [0.2, 0.25) is 0 Å². The lowest BCUT2D eigenvalue weighted by molar-refractivity contribution is -0.136. The summed E-state index contributed by atoms with van der Waals surface area (Å²) in [5, 5.41) is 5.87. The number of benzene rings is 2. The monoisotopic (exact) mass is 477 g/mol. The van der Waals surface area contributed by atoms with Crippen LogP contribution in [0.1, 0.15) is 32.3 Å². The fourth-order valence-corrected chi connectivity index (χ4v) is 4.24. The van der Waals surface area contributed by atoms with Crippen molar-refractivity contribution in [3.05, 3.63) is 60.2 Å². The van der Waals surface area contributed by atoms with E-state index in [0.717, 1.165) is 37.2 Å². The van der Waals surface area contributed by atoms with Crippen LogP contribution in [0.25, 0.3) is 0 Å². The summed E-state index contributed by atoms with van der Waals surface area (Å²) in [6.45, 7) is 7.24. The average molecular weight is 478 g/mol. The quantitative estimate of drug-likeness (QED) is 0.611. The molecule has 0 bridgehead atoms. The Morgan fingerprint density at radius 1 is 0.943 bits per heavy atom. The van der Waals surface area contributed by atoms with Gasteiger partial charge in [0.25, 0.3) is 0 Å². The SMILES string of the molecule is CC(C)NC(=O)N1CCN(c2ccc(NC(=O)CN(Cc3ccccc3)C(=O)C3CC3)cc2)CC1. The number of hydrogen-bond acceptors (Lipinski definition) is 4. The molecule has 1 aliphatic carbocycles. The predicted octanol–water partition coefficient (Wildman–Crippen LogP) is 3.30. The van der Waals surface area contributed by atoms with Gasteiger partial charge in [0.05, 0.1) is 0 Å². The van der Waals surface area contributed by atoms with Gasteiger partial charge >= 0.3 is 6.03 Å². The molecule has 0 unspecified atom stereocenters. The van der Waals surface area contributed by atoms with Gasteiger partial charge in [0, 0.05) is 56.1 Å². The number of piperazine rings is 1. The zero-order valence-electron chi connectivity index (χ0n) is 20.6. The van der Waals surface area contributed by atoms with Crippen LogP contribution in [0.4, 0.5) is 16.2 Å². The fourth-order valence-electron chi connectivity index (χ4n) is 4.24. The van der Waals surface area contributed by atoms with E-state index < -0.39 is 0 Å². The van der Waals surface area contributed by atoms with E-state index in [9.17, 15) is 14.4 Å². The summed E-state index contributed by atoms with van der Waals surface area (Å²) in [5.41, 5.74) is 2.77. The number of rotatable bonds is 8. The summed E-state index contributed by atoms with van der Waals surface area (Å²) in [7, 11) is 0. The van der Waals surface area contributed by atoms with Gasteiger partial charge in [-0.3, -0.25) is 9.59 Å². The summed E-state index contributed by atoms with van der Waals surface area (Å²) in [6, 6.07) is 17.6. The van der Waals surface area contributed by atoms with E-state index in [1.54, 1.807) is 4.90 Å². The van der Waals surface area contributed by atoms with E-state index in [-0.39, 0.29) is 36.3 Å². The second kappa shape index (κ2) is 11.3. The molecule has 2 aromatic carbocycles. The van der Waals surface area contributed by atoms with Gasteiger partial charge in [0.1, 0.15) is 6.54 Å². The second-order valence-electron chi connectivity index (χ2n) is 9.63. The van der Waals surface area contributed by atoms with E-state index >= 15 is 0 Å². The Balaban J connectivity index is 1.29. The third-order valence-electron chi connectivity index (χ3n) is 6.28. The maximum atomic E-state index is 12.8. The topological polar surface area (TPSA) is 85.0 Å². The lowest BCUT2D eigenvalue weighted by Crippen LogP contribution is -2.52. The number of carbonyl (C=O) groups is 3. The summed E-state index contributed by atoms with van der Waals surface area (Å²) >= 11 is 0. The van der Waals surface area contributed by atoms with Crippen LogP contribution in [0.5, 0.6) is 0 Å². The molecule has 1 saturated heterocycles. The first-order valence-electron chi connectivity index (χ1n) is 12.4. The minimum atomic E-state index is -0.201. The standard InChI is InChI=1S/C27H35N5O3/c1-20(2)28-27(35)31-16-14-30(15-17-31)24-12-10-23(11-13-24)29-25(33)19-32(26(34)22-8-9-22)18-21-6-4-3-5-7-21/h3-7,10-13,20,22H,8-9,14-19H2,1-2H3,(H,28,35)(H,29,33). The summed E-state index contributed by atoms with van der Waals surface area (Å²) in [6.07, 6.45) is 1.81. The van der Waals surface area contributed by atoms with E-state index in [4.69, 9.17) is 0 Å². The normalized spacial score (nSPS) is 15.6. The number of nitrogens with one attached hydrogen (secondary N) is 2. The minimum absolute atomic E-state index is 0.0146. The first kappa shape index (κ1) is 24.6. The molecule has 0 aromatic heterocycles. The lowest BCUT2D eigenvalue weighted by atomic mass is 10.2. The molecule has 0 spiro atoms. The highest BCUT2D eigenvalue weighted by atomic mass is 16.2. The van der Waals surface area contributed by atoms with Crippen molar-refractivity contribution < 1.29 is 14.4 Å². The van der Waals surface area contributed by atoms with Crippen LogP contribution in [0, 0.1) is 5.92 Å². The molecule has 8 heteroatoms. The second-order valence-corrected chi connectivity index (χ2v) is 9.63. The van der Waals surface area contributed by atoms with E-state index in [1.807, 2.05) is 73.3 Å². The molecule has 2 N–H and O–H groups in total. The summed E-state index contributed by atoms with van der Waals surface area (Å²) in [4.78, 5) is 43.4. The van der Waals surface area contributed by atoms with Gasteiger partial charge in [-0.15, -0.1) is 0 Å². The first-order valence-corrected chi connectivity index (χ1v) is 12.4. The highest BCUT2D eigenvalue weighted by molar-refractivity contribution is 5.95. The zero-order chi connectivity index (χ0) is 24.8. The van der Waals surface area contributed by atoms with Crippen molar-refractivity contribution in [3.8, 4) is 0 Å². The average Bonchev–Trinajstić information content (AvgIpc) is 3.70. The van der Waals surface area contributed by atoms with Crippen LogP contribution < -0.4 is 15.5 Å². The molecule has 2 aliphatic rings. The third-order valence-corrected chi connectivity index (χ3v) is 6.28. The molecule has 0 radical (unpaired) electrons. The summed E-state index contributed by atoms with van der Waals surface area (Å²) < 4.78 is 0. The van der Waals surface area contributed by atoms with Gasteiger partial charge in [0.15, 0.2) is 0 Å². The molecule has 0 atom stereocenters. The highest BCUT2D eigenvalue weighted by Crippen LogP contribution is 2.31. The van der Waals surface area contributed by atoms with Crippen LogP contribution in [0.15, 0.2) is 54.6 Å². The first-order chi connectivity index (χ1) is 16.9. The lowest BCUT2D eigenvalue weighted by Gasteiger charge is -2.36.